The maximum absolute atomic E-state index is 12.8. The Balaban J connectivity index is 1.35. The predicted octanol–water partition coefficient (Wildman–Crippen LogP) is 1.44. The third-order valence-electron chi connectivity index (χ3n) is 5.88. The number of carbonyl (C=O) groups excluding carboxylic acids is 2. The zero-order chi connectivity index (χ0) is 17.4. The molecule has 7 nitrogen and oxygen atoms in total. The zero-order valence-electron chi connectivity index (χ0n) is 14.4. The Morgan fingerprint density at radius 3 is 2.56 bits per heavy atom. The Labute approximate surface area is 146 Å². The predicted molar refractivity (Wildman–Crippen MR) is 88.9 cm³/mol. The van der Waals surface area contributed by atoms with Crippen LogP contribution in [0.25, 0.3) is 0 Å². The first-order chi connectivity index (χ1) is 12.1. The van der Waals surface area contributed by atoms with Gasteiger partial charge in [-0.2, -0.15) is 0 Å². The molecule has 2 aliphatic heterocycles. The van der Waals surface area contributed by atoms with Gasteiger partial charge >= 0.3 is 0 Å². The van der Waals surface area contributed by atoms with Crippen LogP contribution in [0, 0.1) is 5.92 Å². The number of nitrogens with two attached hydrogens (primary N) is 1. The van der Waals surface area contributed by atoms with Crippen molar-refractivity contribution in [2.24, 2.45) is 11.7 Å². The summed E-state index contributed by atoms with van der Waals surface area (Å²) in [6, 6.07) is 0. The second-order valence-corrected chi connectivity index (χ2v) is 7.42. The van der Waals surface area contributed by atoms with Crippen molar-refractivity contribution < 1.29 is 18.8 Å². The summed E-state index contributed by atoms with van der Waals surface area (Å²) in [6.07, 6.45) is 7.03. The van der Waals surface area contributed by atoms with Crippen molar-refractivity contribution in [3.63, 3.8) is 0 Å². The monoisotopic (exact) mass is 347 g/mol. The average Bonchev–Trinajstić information content (AvgIpc) is 3.29. The Kier molecular flexibility index (Phi) is 4.50. The van der Waals surface area contributed by atoms with Gasteiger partial charge in [0.1, 0.15) is 6.10 Å². The summed E-state index contributed by atoms with van der Waals surface area (Å²) < 4.78 is 11.2. The van der Waals surface area contributed by atoms with E-state index in [1.54, 1.807) is 0 Å². The highest BCUT2D eigenvalue weighted by atomic mass is 16.5. The summed E-state index contributed by atoms with van der Waals surface area (Å²) in [5.41, 5.74) is 7.30. The lowest BCUT2D eigenvalue weighted by Crippen LogP contribution is -2.41. The number of ether oxygens (including phenoxy) is 1. The Morgan fingerprint density at radius 2 is 1.84 bits per heavy atom. The smallest absolute Gasteiger partial charge is 0.292 e. The SMILES string of the molecule is NC(=O)[C@H]1CC[C@@H](C2CCN(C(=O)c3onc4c3CCCC4)CC2)O1. The number of nitrogens with zero attached hydrogens (tertiary/aromatic N) is 2. The Bertz CT molecular complexity index is 663. The molecule has 2 atom stereocenters. The summed E-state index contributed by atoms with van der Waals surface area (Å²) in [7, 11) is 0. The molecule has 4 rings (SSSR count). The highest BCUT2D eigenvalue weighted by Gasteiger charge is 2.37. The fourth-order valence-electron chi connectivity index (χ4n) is 4.40. The molecule has 1 aromatic rings. The van der Waals surface area contributed by atoms with Crippen LogP contribution in [0.5, 0.6) is 0 Å². The lowest BCUT2D eigenvalue weighted by Gasteiger charge is -2.34. The quantitative estimate of drug-likeness (QED) is 0.892. The molecule has 3 aliphatic rings. The summed E-state index contributed by atoms with van der Waals surface area (Å²) in [5.74, 6) is 0.428. The van der Waals surface area contributed by atoms with Crippen LogP contribution in [-0.4, -0.2) is 47.2 Å². The number of aromatic nitrogens is 1. The van der Waals surface area contributed by atoms with Crippen LogP contribution < -0.4 is 5.73 Å². The highest BCUT2D eigenvalue weighted by Crippen LogP contribution is 2.33. The first-order valence-corrected chi connectivity index (χ1v) is 9.35. The van der Waals surface area contributed by atoms with Gasteiger partial charge in [-0.25, -0.2) is 0 Å². The maximum atomic E-state index is 12.8. The van der Waals surface area contributed by atoms with E-state index in [1.165, 1.54) is 0 Å². The summed E-state index contributed by atoms with van der Waals surface area (Å²) in [6.45, 7) is 1.39. The second-order valence-electron chi connectivity index (χ2n) is 7.42. The topological polar surface area (TPSA) is 98.7 Å². The van der Waals surface area contributed by atoms with E-state index >= 15 is 0 Å². The maximum Gasteiger partial charge on any atom is 0.292 e. The molecule has 2 N–H and O–H groups in total. The van der Waals surface area contributed by atoms with Crippen LogP contribution in [0.15, 0.2) is 4.52 Å². The average molecular weight is 347 g/mol. The molecule has 0 unspecified atom stereocenters. The molecular formula is C18H25N3O4. The minimum Gasteiger partial charge on any atom is -0.367 e. The Morgan fingerprint density at radius 1 is 1.08 bits per heavy atom. The van der Waals surface area contributed by atoms with Crippen molar-refractivity contribution in [3.8, 4) is 0 Å². The number of amides is 2. The molecule has 0 aromatic carbocycles. The van der Waals surface area contributed by atoms with Gasteiger partial charge in [0.2, 0.25) is 11.7 Å². The fourth-order valence-corrected chi connectivity index (χ4v) is 4.40. The number of rotatable bonds is 3. The van der Waals surface area contributed by atoms with Crippen LogP contribution in [0.1, 0.15) is 60.3 Å². The van der Waals surface area contributed by atoms with Crippen molar-refractivity contribution in [2.75, 3.05) is 13.1 Å². The van der Waals surface area contributed by atoms with Crippen molar-refractivity contribution in [3.05, 3.63) is 17.0 Å². The second kappa shape index (κ2) is 6.78. The van der Waals surface area contributed by atoms with Gasteiger partial charge in [-0.05, 0) is 57.3 Å². The Hall–Kier alpha value is -1.89. The standard InChI is InChI=1S/C18H25N3O4/c19-17(22)15-6-5-14(24-15)11-7-9-21(10-8-11)18(23)16-12-3-1-2-4-13(12)20-25-16/h11,14-15H,1-10H2,(H2,19,22)/t14-,15+/m0/s1. The van der Waals surface area contributed by atoms with Gasteiger partial charge in [0.15, 0.2) is 0 Å². The minimum absolute atomic E-state index is 0.0311. The molecule has 1 aliphatic carbocycles. The number of carbonyl (C=O) groups is 2. The minimum atomic E-state index is -0.439. The molecule has 2 amide bonds. The molecule has 25 heavy (non-hydrogen) atoms. The first kappa shape index (κ1) is 16.6. The molecule has 0 spiro atoms. The van der Waals surface area contributed by atoms with E-state index < -0.39 is 6.10 Å². The third kappa shape index (κ3) is 3.17. The number of hydrogen-bond donors (Lipinski definition) is 1. The molecule has 0 radical (unpaired) electrons. The largest absolute Gasteiger partial charge is 0.367 e. The number of likely N-dealkylation sites (tertiary alicyclic amines) is 1. The normalized spacial score (nSPS) is 27.3. The number of hydrogen-bond acceptors (Lipinski definition) is 5. The highest BCUT2D eigenvalue weighted by molar-refractivity contribution is 5.93. The van der Waals surface area contributed by atoms with Gasteiger partial charge < -0.3 is 19.9 Å². The molecule has 3 heterocycles. The van der Waals surface area contributed by atoms with Gasteiger partial charge in [0.05, 0.1) is 11.8 Å². The number of primary amides is 1. The fraction of sp³-hybridized carbons (Fsp3) is 0.722. The number of piperidine rings is 1. The number of fused-ring (bicyclic) bond motifs is 1. The van der Waals surface area contributed by atoms with Crippen molar-refractivity contribution in [1.82, 2.24) is 10.1 Å². The van der Waals surface area contributed by atoms with E-state index in [1.807, 2.05) is 4.90 Å². The van der Waals surface area contributed by atoms with Crippen molar-refractivity contribution >= 4 is 11.8 Å². The lowest BCUT2D eigenvalue weighted by molar-refractivity contribution is -0.130. The van der Waals surface area contributed by atoms with E-state index in [0.29, 0.717) is 31.2 Å². The molecule has 0 bridgehead atoms. The van der Waals surface area contributed by atoms with Crippen molar-refractivity contribution in [2.45, 2.75) is 63.6 Å². The van der Waals surface area contributed by atoms with E-state index in [9.17, 15) is 9.59 Å². The van der Waals surface area contributed by atoms with Gasteiger partial charge in [0.25, 0.3) is 5.91 Å². The van der Waals surface area contributed by atoms with Crippen LogP contribution >= 0.6 is 0 Å². The summed E-state index contributed by atoms with van der Waals surface area (Å²) in [5, 5.41) is 4.09. The molecular weight excluding hydrogens is 322 g/mol. The van der Waals surface area contributed by atoms with E-state index in [4.69, 9.17) is 15.0 Å². The summed E-state index contributed by atoms with van der Waals surface area (Å²) in [4.78, 5) is 25.9. The van der Waals surface area contributed by atoms with Crippen LogP contribution in [0.2, 0.25) is 0 Å². The third-order valence-corrected chi connectivity index (χ3v) is 5.88. The van der Waals surface area contributed by atoms with E-state index in [0.717, 1.165) is 56.2 Å². The zero-order valence-corrected chi connectivity index (χ0v) is 14.4. The summed E-state index contributed by atoms with van der Waals surface area (Å²) >= 11 is 0. The molecule has 2 fully saturated rings. The van der Waals surface area contributed by atoms with Gasteiger partial charge in [-0.15, -0.1) is 0 Å². The van der Waals surface area contributed by atoms with E-state index in [2.05, 4.69) is 5.16 Å². The van der Waals surface area contributed by atoms with Gasteiger partial charge in [-0.3, -0.25) is 9.59 Å². The van der Waals surface area contributed by atoms with Gasteiger partial charge in [-0.1, -0.05) is 5.16 Å². The van der Waals surface area contributed by atoms with Crippen molar-refractivity contribution in [1.29, 1.82) is 0 Å². The molecule has 0 saturated carbocycles. The number of aryl methyl sites for hydroxylation is 1. The van der Waals surface area contributed by atoms with Crippen LogP contribution in [0.3, 0.4) is 0 Å². The molecule has 1 aromatic heterocycles. The van der Waals surface area contributed by atoms with Gasteiger partial charge in [0, 0.05) is 18.7 Å². The molecule has 2 saturated heterocycles. The molecule has 136 valence electrons. The lowest BCUT2D eigenvalue weighted by atomic mass is 9.89. The van der Waals surface area contributed by atoms with Crippen LogP contribution in [0.4, 0.5) is 0 Å². The van der Waals surface area contributed by atoms with Crippen LogP contribution in [-0.2, 0) is 22.4 Å². The van der Waals surface area contributed by atoms with E-state index in [-0.39, 0.29) is 17.9 Å². The first-order valence-electron chi connectivity index (χ1n) is 9.35. The molecule has 7 heteroatoms.